The van der Waals surface area contributed by atoms with E-state index >= 15 is 0 Å². The third-order valence-corrected chi connectivity index (χ3v) is 4.56. The van der Waals surface area contributed by atoms with Gasteiger partial charge in [0.1, 0.15) is 6.29 Å². The minimum atomic E-state index is 0.00382. The van der Waals surface area contributed by atoms with Gasteiger partial charge in [-0.05, 0) is 39.2 Å². The molecule has 16 heavy (non-hydrogen) atoms. The van der Waals surface area contributed by atoms with Gasteiger partial charge >= 0.3 is 0 Å². The Labute approximate surface area is 99.4 Å². The number of aldehydes is 1. The molecule has 0 spiro atoms. The molecule has 2 aliphatic rings. The van der Waals surface area contributed by atoms with Crippen LogP contribution in [0.25, 0.3) is 0 Å². The molecule has 2 heteroatoms. The Morgan fingerprint density at radius 1 is 1.19 bits per heavy atom. The van der Waals surface area contributed by atoms with Gasteiger partial charge in [-0.1, -0.05) is 25.7 Å². The van der Waals surface area contributed by atoms with Gasteiger partial charge < -0.3 is 4.79 Å². The molecule has 2 fully saturated rings. The summed E-state index contributed by atoms with van der Waals surface area (Å²) in [6.45, 7) is 4.55. The molecule has 2 rings (SSSR count). The van der Waals surface area contributed by atoms with Crippen molar-refractivity contribution in [2.24, 2.45) is 5.41 Å². The van der Waals surface area contributed by atoms with Crippen molar-refractivity contribution in [1.82, 2.24) is 4.90 Å². The van der Waals surface area contributed by atoms with Crippen molar-refractivity contribution in [1.29, 1.82) is 0 Å². The van der Waals surface area contributed by atoms with Crippen LogP contribution >= 0.6 is 0 Å². The fourth-order valence-corrected chi connectivity index (χ4v) is 3.37. The number of likely N-dealkylation sites (tertiary alicyclic amines) is 1. The molecular formula is C14H25NO. The van der Waals surface area contributed by atoms with Gasteiger partial charge in [0.15, 0.2) is 0 Å². The predicted octanol–water partition coefficient (Wildman–Crippen LogP) is 3.01. The number of hydrogen-bond acceptors (Lipinski definition) is 2. The Balaban J connectivity index is 1.96. The summed E-state index contributed by atoms with van der Waals surface area (Å²) < 4.78 is 0. The van der Waals surface area contributed by atoms with Gasteiger partial charge in [0, 0.05) is 18.0 Å². The van der Waals surface area contributed by atoms with E-state index in [2.05, 4.69) is 11.8 Å². The van der Waals surface area contributed by atoms with Crippen LogP contribution in [0.3, 0.4) is 0 Å². The van der Waals surface area contributed by atoms with Crippen LogP contribution in [0.4, 0.5) is 0 Å². The van der Waals surface area contributed by atoms with Crippen LogP contribution in [0.1, 0.15) is 58.3 Å². The SMILES string of the molecule is CC1CCCCN1CC1(C=O)CCCCC1. The van der Waals surface area contributed by atoms with Crippen LogP contribution in [0.15, 0.2) is 0 Å². The summed E-state index contributed by atoms with van der Waals surface area (Å²) in [5, 5.41) is 0. The minimum absolute atomic E-state index is 0.00382. The van der Waals surface area contributed by atoms with Crippen molar-refractivity contribution in [3.05, 3.63) is 0 Å². The monoisotopic (exact) mass is 223 g/mol. The van der Waals surface area contributed by atoms with Gasteiger partial charge in [-0.15, -0.1) is 0 Å². The van der Waals surface area contributed by atoms with Crippen molar-refractivity contribution in [3.8, 4) is 0 Å². The van der Waals surface area contributed by atoms with E-state index in [-0.39, 0.29) is 5.41 Å². The average Bonchev–Trinajstić information content (AvgIpc) is 2.33. The number of piperidine rings is 1. The zero-order chi connectivity index (χ0) is 11.4. The minimum Gasteiger partial charge on any atom is -0.303 e. The van der Waals surface area contributed by atoms with Crippen LogP contribution < -0.4 is 0 Å². The van der Waals surface area contributed by atoms with Crippen LogP contribution in [0.2, 0.25) is 0 Å². The molecule has 1 saturated carbocycles. The van der Waals surface area contributed by atoms with Gasteiger partial charge in [-0.2, -0.15) is 0 Å². The maximum atomic E-state index is 11.4. The van der Waals surface area contributed by atoms with Gasteiger partial charge in [-0.3, -0.25) is 4.90 Å². The summed E-state index contributed by atoms with van der Waals surface area (Å²) in [4.78, 5) is 14.0. The lowest BCUT2D eigenvalue weighted by atomic mass is 9.74. The first-order valence-corrected chi connectivity index (χ1v) is 6.96. The van der Waals surface area contributed by atoms with Crippen molar-refractivity contribution in [3.63, 3.8) is 0 Å². The zero-order valence-electron chi connectivity index (χ0n) is 10.6. The van der Waals surface area contributed by atoms with E-state index < -0.39 is 0 Å². The first kappa shape index (κ1) is 12.1. The lowest BCUT2D eigenvalue weighted by molar-refractivity contribution is -0.119. The third-order valence-electron chi connectivity index (χ3n) is 4.56. The standard InChI is InChI=1S/C14H25NO/c1-13-7-3-6-10-15(13)11-14(12-16)8-4-2-5-9-14/h12-13H,2-11H2,1H3. The largest absolute Gasteiger partial charge is 0.303 e. The summed E-state index contributed by atoms with van der Waals surface area (Å²) in [7, 11) is 0. The van der Waals surface area contributed by atoms with Gasteiger partial charge in [0.25, 0.3) is 0 Å². The van der Waals surface area contributed by atoms with Crippen molar-refractivity contribution >= 4 is 6.29 Å². The van der Waals surface area contributed by atoms with Crippen molar-refractivity contribution < 1.29 is 4.79 Å². The van der Waals surface area contributed by atoms with E-state index in [1.165, 1.54) is 51.4 Å². The molecule has 2 nitrogen and oxygen atoms in total. The lowest BCUT2D eigenvalue weighted by Crippen LogP contribution is -2.46. The van der Waals surface area contributed by atoms with Crippen LogP contribution in [-0.2, 0) is 4.79 Å². The molecule has 0 radical (unpaired) electrons. The van der Waals surface area contributed by atoms with E-state index in [1.807, 2.05) is 0 Å². The predicted molar refractivity (Wildman–Crippen MR) is 66.5 cm³/mol. The zero-order valence-corrected chi connectivity index (χ0v) is 10.6. The fourth-order valence-electron chi connectivity index (χ4n) is 3.37. The Bertz CT molecular complexity index is 233. The highest BCUT2D eigenvalue weighted by molar-refractivity contribution is 5.60. The van der Waals surface area contributed by atoms with Crippen LogP contribution in [-0.4, -0.2) is 30.3 Å². The molecule has 0 aromatic rings. The van der Waals surface area contributed by atoms with E-state index in [1.54, 1.807) is 0 Å². The van der Waals surface area contributed by atoms with Crippen molar-refractivity contribution in [2.45, 2.75) is 64.3 Å². The maximum Gasteiger partial charge on any atom is 0.127 e. The number of hydrogen-bond donors (Lipinski definition) is 0. The van der Waals surface area contributed by atoms with E-state index in [0.29, 0.717) is 6.04 Å². The molecule has 1 unspecified atom stereocenters. The normalized spacial score (nSPS) is 31.2. The molecule has 0 amide bonds. The number of carbonyl (C=O) groups excluding carboxylic acids is 1. The highest BCUT2D eigenvalue weighted by Gasteiger charge is 2.35. The number of nitrogens with zero attached hydrogens (tertiary/aromatic N) is 1. The highest BCUT2D eigenvalue weighted by atomic mass is 16.1. The molecule has 1 saturated heterocycles. The van der Waals surface area contributed by atoms with Crippen LogP contribution in [0, 0.1) is 5.41 Å². The maximum absolute atomic E-state index is 11.4. The Hall–Kier alpha value is -0.370. The van der Waals surface area contributed by atoms with E-state index in [9.17, 15) is 4.79 Å². The Morgan fingerprint density at radius 2 is 1.94 bits per heavy atom. The molecule has 0 aromatic carbocycles. The molecule has 0 N–H and O–H groups in total. The summed E-state index contributed by atoms with van der Waals surface area (Å²) in [6, 6.07) is 0.688. The van der Waals surface area contributed by atoms with Gasteiger partial charge in [0.05, 0.1) is 0 Å². The van der Waals surface area contributed by atoms with E-state index in [0.717, 1.165) is 19.4 Å². The summed E-state index contributed by atoms with van der Waals surface area (Å²) >= 11 is 0. The lowest BCUT2D eigenvalue weighted by Gasteiger charge is -2.41. The molecule has 1 heterocycles. The number of carbonyl (C=O) groups is 1. The summed E-state index contributed by atoms with van der Waals surface area (Å²) in [5.74, 6) is 0. The quantitative estimate of drug-likeness (QED) is 0.685. The second kappa shape index (κ2) is 5.31. The Morgan fingerprint density at radius 3 is 2.56 bits per heavy atom. The molecule has 0 aromatic heterocycles. The topological polar surface area (TPSA) is 20.3 Å². The van der Waals surface area contributed by atoms with Crippen LogP contribution in [0.5, 0.6) is 0 Å². The first-order valence-electron chi connectivity index (χ1n) is 6.96. The molecule has 1 aliphatic carbocycles. The highest BCUT2D eigenvalue weighted by Crippen LogP contribution is 2.36. The summed E-state index contributed by atoms with van der Waals surface area (Å²) in [5.41, 5.74) is 0.00382. The molecule has 1 atom stereocenters. The molecule has 92 valence electrons. The third kappa shape index (κ3) is 2.65. The van der Waals surface area contributed by atoms with Gasteiger partial charge in [0.2, 0.25) is 0 Å². The molecule has 1 aliphatic heterocycles. The summed E-state index contributed by atoms with van der Waals surface area (Å²) in [6.07, 6.45) is 11.3. The Kier molecular flexibility index (Phi) is 4.01. The van der Waals surface area contributed by atoms with Crippen molar-refractivity contribution in [2.75, 3.05) is 13.1 Å². The second-order valence-electron chi connectivity index (χ2n) is 5.86. The fraction of sp³-hybridized carbons (Fsp3) is 0.929. The molecular weight excluding hydrogens is 198 g/mol. The smallest absolute Gasteiger partial charge is 0.127 e. The second-order valence-corrected chi connectivity index (χ2v) is 5.86. The molecule has 0 bridgehead atoms. The average molecular weight is 223 g/mol. The first-order chi connectivity index (χ1) is 7.76. The van der Waals surface area contributed by atoms with Gasteiger partial charge in [-0.25, -0.2) is 0 Å². The van der Waals surface area contributed by atoms with E-state index in [4.69, 9.17) is 0 Å². The number of rotatable bonds is 3.